The summed E-state index contributed by atoms with van der Waals surface area (Å²) in [6.45, 7) is 3.86. The van der Waals surface area contributed by atoms with E-state index in [4.69, 9.17) is 21.1 Å². The zero-order valence-electron chi connectivity index (χ0n) is 15.4. The minimum atomic E-state index is -0.451. The van der Waals surface area contributed by atoms with Crippen molar-refractivity contribution >= 4 is 29.2 Å². The Bertz CT molecular complexity index is 865. The Morgan fingerprint density at radius 3 is 2.89 bits per heavy atom. The number of hydrogen-bond donors (Lipinski definition) is 1. The number of esters is 1. The highest BCUT2D eigenvalue weighted by atomic mass is 35.5. The molecule has 0 spiro atoms. The fraction of sp³-hybridized carbons (Fsp3) is 0.333. The zero-order chi connectivity index (χ0) is 19.4. The van der Waals surface area contributed by atoms with Crippen LogP contribution < -0.4 is 10.1 Å². The van der Waals surface area contributed by atoms with Crippen LogP contribution in [-0.2, 0) is 27.2 Å². The largest absolute Gasteiger partial charge is 0.492 e. The van der Waals surface area contributed by atoms with Gasteiger partial charge in [-0.05, 0) is 54.7 Å². The second-order valence-electron chi connectivity index (χ2n) is 6.58. The number of para-hydroxylation sites is 1. The van der Waals surface area contributed by atoms with Crippen molar-refractivity contribution in [1.29, 1.82) is 0 Å². The molecule has 1 atom stereocenters. The van der Waals surface area contributed by atoms with Crippen molar-refractivity contribution in [2.75, 3.05) is 18.5 Å². The van der Waals surface area contributed by atoms with Crippen molar-refractivity contribution in [2.24, 2.45) is 5.92 Å². The molecule has 1 heterocycles. The molecule has 0 saturated heterocycles. The SMILES string of the molecule is CCc1cccc(C)c1NC(=O)COC(=O)[C@@H]1COc2ccc(Cl)cc2C1. The summed E-state index contributed by atoms with van der Waals surface area (Å²) in [6, 6.07) is 11.2. The van der Waals surface area contributed by atoms with E-state index < -0.39 is 11.9 Å². The predicted octanol–water partition coefficient (Wildman–Crippen LogP) is 3.94. The number of anilines is 1. The van der Waals surface area contributed by atoms with Crippen LogP contribution in [0.25, 0.3) is 0 Å². The molecule has 1 amide bonds. The molecule has 6 heteroatoms. The smallest absolute Gasteiger partial charge is 0.313 e. The maximum atomic E-state index is 12.3. The molecule has 1 aliphatic heterocycles. The third kappa shape index (κ3) is 4.61. The number of aryl methyl sites for hydroxylation is 2. The normalized spacial score (nSPS) is 15.4. The zero-order valence-corrected chi connectivity index (χ0v) is 16.1. The van der Waals surface area contributed by atoms with Crippen LogP contribution in [0.5, 0.6) is 5.75 Å². The number of halogens is 1. The van der Waals surface area contributed by atoms with E-state index in [0.29, 0.717) is 11.4 Å². The van der Waals surface area contributed by atoms with Gasteiger partial charge in [0, 0.05) is 10.7 Å². The van der Waals surface area contributed by atoms with Crippen LogP contribution in [0.2, 0.25) is 5.02 Å². The summed E-state index contributed by atoms with van der Waals surface area (Å²) < 4.78 is 10.8. The van der Waals surface area contributed by atoms with Gasteiger partial charge in [0.2, 0.25) is 0 Å². The van der Waals surface area contributed by atoms with Crippen molar-refractivity contribution in [3.63, 3.8) is 0 Å². The molecule has 2 aromatic rings. The Labute approximate surface area is 163 Å². The minimum Gasteiger partial charge on any atom is -0.492 e. The Morgan fingerprint density at radius 1 is 1.30 bits per heavy atom. The second-order valence-corrected chi connectivity index (χ2v) is 7.02. The highest BCUT2D eigenvalue weighted by Gasteiger charge is 2.28. The number of amides is 1. The van der Waals surface area contributed by atoms with Crippen LogP contribution in [0.1, 0.15) is 23.6 Å². The molecule has 142 valence electrons. The standard InChI is InChI=1S/C21H22ClNO4/c1-3-14-6-4-5-13(2)20(14)23-19(24)12-27-21(25)16-9-15-10-17(22)7-8-18(15)26-11-16/h4-8,10,16H,3,9,11-12H2,1-2H3,(H,23,24)/t16-/m0/s1. The van der Waals surface area contributed by atoms with E-state index in [2.05, 4.69) is 5.32 Å². The van der Waals surface area contributed by atoms with Crippen molar-refractivity contribution in [1.82, 2.24) is 0 Å². The fourth-order valence-corrected chi connectivity index (χ4v) is 3.34. The molecule has 0 fully saturated rings. The number of carbonyl (C=O) groups excluding carboxylic acids is 2. The van der Waals surface area contributed by atoms with Gasteiger partial charge in [-0.2, -0.15) is 0 Å². The molecule has 0 unspecified atom stereocenters. The Kier molecular flexibility index (Phi) is 6.01. The topological polar surface area (TPSA) is 64.6 Å². The van der Waals surface area contributed by atoms with Crippen LogP contribution in [0.15, 0.2) is 36.4 Å². The Balaban J connectivity index is 1.56. The van der Waals surface area contributed by atoms with Crippen LogP contribution in [0.3, 0.4) is 0 Å². The molecule has 0 saturated carbocycles. The molecule has 1 aliphatic rings. The summed E-state index contributed by atoms with van der Waals surface area (Å²) in [5.41, 5.74) is 3.67. The number of benzene rings is 2. The molecule has 2 aromatic carbocycles. The molecule has 0 aromatic heterocycles. The van der Waals surface area contributed by atoms with E-state index in [1.807, 2.05) is 32.0 Å². The maximum Gasteiger partial charge on any atom is 0.313 e. The van der Waals surface area contributed by atoms with Crippen LogP contribution in [-0.4, -0.2) is 25.1 Å². The monoisotopic (exact) mass is 387 g/mol. The number of fused-ring (bicyclic) bond motifs is 1. The molecule has 27 heavy (non-hydrogen) atoms. The molecular weight excluding hydrogens is 366 g/mol. The van der Waals surface area contributed by atoms with E-state index in [0.717, 1.165) is 34.5 Å². The quantitative estimate of drug-likeness (QED) is 0.789. The molecule has 0 radical (unpaired) electrons. The van der Waals surface area contributed by atoms with E-state index in [1.54, 1.807) is 18.2 Å². The summed E-state index contributed by atoms with van der Waals surface area (Å²) >= 11 is 6.00. The lowest BCUT2D eigenvalue weighted by molar-refractivity contribution is -0.152. The Hall–Kier alpha value is -2.53. The number of hydrogen-bond acceptors (Lipinski definition) is 4. The molecule has 5 nitrogen and oxygen atoms in total. The van der Waals surface area contributed by atoms with Crippen LogP contribution in [0.4, 0.5) is 5.69 Å². The van der Waals surface area contributed by atoms with E-state index in [1.165, 1.54) is 0 Å². The third-order valence-corrected chi connectivity index (χ3v) is 4.85. The van der Waals surface area contributed by atoms with Gasteiger partial charge in [0.15, 0.2) is 6.61 Å². The van der Waals surface area contributed by atoms with Crippen molar-refractivity contribution < 1.29 is 19.1 Å². The first-order chi connectivity index (χ1) is 13.0. The van der Waals surface area contributed by atoms with Gasteiger partial charge >= 0.3 is 5.97 Å². The summed E-state index contributed by atoms with van der Waals surface area (Å²) in [6.07, 6.45) is 1.28. The van der Waals surface area contributed by atoms with E-state index >= 15 is 0 Å². The van der Waals surface area contributed by atoms with Gasteiger partial charge in [-0.15, -0.1) is 0 Å². The lowest BCUT2D eigenvalue weighted by atomic mass is 9.97. The van der Waals surface area contributed by atoms with Gasteiger partial charge in [-0.1, -0.05) is 36.7 Å². The van der Waals surface area contributed by atoms with E-state index in [-0.39, 0.29) is 19.1 Å². The molecular formula is C21H22ClNO4. The summed E-state index contributed by atoms with van der Waals surface area (Å²) in [5, 5.41) is 3.44. The summed E-state index contributed by atoms with van der Waals surface area (Å²) in [7, 11) is 0. The van der Waals surface area contributed by atoms with E-state index in [9.17, 15) is 9.59 Å². The van der Waals surface area contributed by atoms with Gasteiger partial charge < -0.3 is 14.8 Å². The summed E-state index contributed by atoms with van der Waals surface area (Å²) in [5.74, 6) is -0.523. The van der Waals surface area contributed by atoms with Gasteiger partial charge in [0.05, 0.1) is 5.92 Å². The highest BCUT2D eigenvalue weighted by Crippen LogP contribution is 2.30. The van der Waals surface area contributed by atoms with Gasteiger partial charge in [-0.3, -0.25) is 9.59 Å². The molecule has 0 bridgehead atoms. The first-order valence-electron chi connectivity index (χ1n) is 8.94. The first kappa shape index (κ1) is 19.2. The van der Waals surface area contributed by atoms with Crippen molar-refractivity contribution in [2.45, 2.75) is 26.7 Å². The summed E-state index contributed by atoms with van der Waals surface area (Å²) in [4.78, 5) is 24.6. The number of ether oxygens (including phenoxy) is 2. The van der Waals surface area contributed by atoms with Crippen molar-refractivity contribution in [3.8, 4) is 5.75 Å². The number of rotatable bonds is 5. The van der Waals surface area contributed by atoms with Crippen LogP contribution in [0, 0.1) is 12.8 Å². The average Bonchev–Trinajstić information content (AvgIpc) is 2.67. The average molecular weight is 388 g/mol. The number of carbonyl (C=O) groups is 2. The predicted molar refractivity (Wildman–Crippen MR) is 104 cm³/mol. The minimum absolute atomic E-state index is 0.229. The van der Waals surface area contributed by atoms with Crippen molar-refractivity contribution in [3.05, 3.63) is 58.1 Å². The van der Waals surface area contributed by atoms with Crippen LogP contribution >= 0.6 is 11.6 Å². The third-order valence-electron chi connectivity index (χ3n) is 4.61. The first-order valence-corrected chi connectivity index (χ1v) is 9.32. The van der Waals surface area contributed by atoms with Gasteiger partial charge in [0.1, 0.15) is 12.4 Å². The Morgan fingerprint density at radius 2 is 2.11 bits per heavy atom. The van der Waals surface area contributed by atoms with Gasteiger partial charge in [0.25, 0.3) is 5.91 Å². The highest BCUT2D eigenvalue weighted by molar-refractivity contribution is 6.30. The fourth-order valence-electron chi connectivity index (χ4n) is 3.15. The lowest BCUT2D eigenvalue weighted by Gasteiger charge is -2.24. The molecule has 3 rings (SSSR count). The second kappa shape index (κ2) is 8.44. The molecule has 1 N–H and O–H groups in total. The maximum absolute atomic E-state index is 12.3. The lowest BCUT2D eigenvalue weighted by Crippen LogP contribution is -2.32. The van der Waals surface area contributed by atoms with Gasteiger partial charge in [-0.25, -0.2) is 0 Å². The molecule has 0 aliphatic carbocycles. The number of nitrogens with one attached hydrogen (secondary N) is 1.